The lowest BCUT2D eigenvalue weighted by molar-refractivity contribution is -0.129. The van der Waals surface area contributed by atoms with Crippen LogP contribution in [-0.2, 0) is 9.53 Å². The Bertz CT molecular complexity index is 823. The topological polar surface area (TPSA) is 47.9 Å². The van der Waals surface area contributed by atoms with Gasteiger partial charge in [-0.3, -0.25) is 0 Å². The Balaban J connectivity index is 1.93. The minimum atomic E-state index is -0.465. The Morgan fingerprint density at radius 1 is 1.12 bits per heavy atom. The highest BCUT2D eigenvalue weighted by Crippen LogP contribution is 2.25. The number of ether oxygens (including phenoxy) is 2. The Labute approximate surface area is 148 Å². The van der Waals surface area contributed by atoms with Gasteiger partial charge >= 0.3 is 5.97 Å². The van der Waals surface area contributed by atoms with E-state index in [1.54, 1.807) is 6.08 Å². The average Bonchev–Trinajstić information content (AvgIpc) is 2.90. The van der Waals surface area contributed by atoms with Crippen molar-refractivity contribution in [1.29, 1.82) is 0 Å². The van der Waals surface area contributed by atoms with Crippen LogP contribution in [0, 0.1) is 0 Å². The predicted octanol–water partition coefficient (Wildman–Crippen LogP) is 4.58. The molecule has 0 saturated heterocycles. The van der Waals surface area contributed by atoms with Gasteiger partial charge in [0.15, 0.2) is 5.70 Å². The second-order valence-electron chi connectivity index (χ2n) is 5.55. The number of hydrogen-bond acceptors (Lipinski definition) is 4. The number of para-hydroxylation sites is 1. The number of esters is 1. The molecule has 0 atom stereocenters. The Morgan fingerprint density at radius 2 is 1.83 bits per heavy atom. The second-order valence-corrected chi connectivity index (χ2v) is 6.46. The van der Waals surface area contributed by atoms with Crippen LogP contribution >= 0.6 is 15.9 Å². The van der Waals surface area contributed by atoms with Crippen LogP contribution in [0.25, 0.3) is 6.08 Å². The van der Waals surface area contributed by atoms with Gasteiger partial charge in [-0.15, -0.1) is 0 Å². The molecule has 4 nitrogen and oxygen atoms in total. The van der Waals surface area contributed by atoms with Crippen LogP contribution in [0.3, 0.4) is 0 Å². The lowest BCUT2D eigenvalue weighted by atomic mass is 10.1. The smallest absolute Gasteiger partial charge is 0.363 e. The average molecular weight is 386 g/mol. The molecule has 2 aromatic rings. The maximum absolute atomic E-state index is 12.1. The number of carbonyl (C=O) groups excluding carboxylic acids is 1. The summed E-state index contributed by atoms with van der Waals surface area (Å²) < 4.78 is 12.0. The van der Waals surface area contributed by atoms with Crippen molar-refractivity contribution < 1.29 is 14.3 Å². The summed E-state index contributed by atoms with van der Waals surface area (Å²) in [5.41, 5.74) is 1.80. The number of halogens is 1. The van der Waals surface area contributed by atoms with Crippen LogP contribution in [0.4, 0.5) is 0 Å². The van der Waals surface area contributed by atoms with Gasteiger partial charge in [0, 0.05) is 15.6 Å². The molecular weight excluding hydrogens is 370 g/mol. The van der Waals surface area contributed by atoms with Crippen molar-refractivity contribution in [3.05, 3.63) is 69.8 Å². The second kappa shape index (κ2) is 7.01. The van der Waals surface area contributed by atoms with E-state index in [0.29, 0.717) is 11.6 Å². The molecule has 0 fully saturated rings. The molecule has 0 unspecified atom stereocenters. The van der Waals surface area contributed by atoms with E-state index in [4.69, 9.17) is 9.47 Å². The van der Waals surface area contributed by atoms with E-state index in [2.05, 4.69) is 20.9 Å². The van der Waals surface area contributed by atoms with E-state index in [1.165, 1.54) is 0 Å². The molecule has 0 bridgehead atoms. The molecule has 1 aliphatic heterocycles. The lowest BCUT2D eigenvalue weighted by Crippen LogP contribution is -2.07. The Hall–Kier alpha value is -2.40. The van der Waals surface area contributed by atoms with Crippen LogP contribution in [0.5, 0.6) is 5.75 Å². The fraction of sp³-hybridized carbons (Fsp3) is 0.158. The molecule has 0 aliphatic carbocycles. The molecule has 122 valence electrons. The van der Waals surface area contributed by atoms with Crippen molar-refractivity contribution in [3.8, 4) is 5.75 Å². The van der Waals surface area contributed by atoms with Crippen LogP contribution in [0.1, 0.15) is 25.0 Å². The highest BCUT2D eigenvalue weighted by Gasteiger charge is 2.24. The number of benzene rings is 2. The van der Waals surface area contributed by atoms with Crippen molar-refractivity contribution in [3.63, 3.8) is 0 Å². The SMILES string of the molecule is CC(C)Oc1ccccc1/C=C1\N=C(c2ccc(Br)cc2)OC1=O. The zero-order valence-corrected chi connectivity index (χ0v) is 14.9. The maximum atomic E-state index is 12.1. The van der Waals surface area contributed by atoms with Gasteiger partial charge in [-0.1, -0.05) is 34.1 Å². The molecule has 0 N–H and O–H groups in total. The van der Waals surface area contributed by atoms with Crippen molar-refractivity contribution in [1.82, 2.24) is 0 Å². The van der Waals surface area contributed by atoms with Gasteiger partial charge in [-0.05, 0) is 50.3 Å². The van der Waals surface area contributed by atoms with E-state index < -0.39 is 5.97 Å². The number of cyclic esters (lactones) is 1. The molecule has 0 spiro atoms. The van der Waals surface area contributed by atoms with Crippen molar-refractivity contribution in [2.24, 2.45) is 4.99 Å². The fourth-order valence-electron chi connectivity index (χ4n) is 2.23. The Kier molecular flexibility index (Phi) is 4.81. The van der Waals surface area contributed by atoms with E-state index >= 15 is 0 Å². The first kappa shape index (κ1) is 16.5. The molecule has 5 heteroatoms. The van der Waals surface area contributed by atoms with Crippen molar-refractivity contribution in [2.45, 2.75) is 20.0 Å². The molecule has 0 radical (unpaired) electrons. The summed E-state index contributed by atoms with van der Waals surface area (Å²) in [6.45, 7) is 3.91. The first-order valence-electron chi connectivity index (χ1n) is 7.57. The molecule has 0 aromatic heterocycles. The predicted molar refractivity (Wildman–Crippen MR) is 97.0 cm³/mol. The zero-order chi connectivity index (χ0) is 17.1. The fourth-order valence-corrected chi connectivity index (χ4v) is 2.50. The van der Waals surface area contributed by atoms with Gasteiger partial charge in [-0.2, -0.15) is 0 Å². The minimum Gasteiger partial charge on any atom is -0.490 e. The van der Waals surface area contributed by atoms with Crippen molar-refractivity contribution >= 4 is 33.9 Å². The summed E-state index contributed by atoms with van der Waals surface area (Å²) in [5, 5.41) is 0. The van der Waals surface area contributed by atoms with Gasteiger partial charge in [0.1, 0.15) is 5.75 Å². The first-order valence-corrected chi connectivity index (χ1v) is 8.36. The van der Waals surface area contributed by atoms with Gasteiger partial charge in [0.05, 0.1) is 6.10 Å². The minimum absolute atomic E-state index is 0.0434. The molecule has 24 heavy (non-hydrogen) atoms. The zero-order valence-electron chi connectivity index (χ0n) is 13.3. The summed E-state index contributed by atoms with van der Waals surface area (Å²) in [6, 6.07) is 15.0. The summed E-state index contributed by atoms with van der Waals surface area (Å²) in [6.07, 6.45) is 1.73. The lowest BCUT2D eigenvalue weighted by Gasteiger charge is -2.12. The van der Waals surface area contributed by atoms with Crippen LogP contribution in [-0.4, -0.2) is 18.0 Å². The van der Waals surface area contributed by atoms with Crippen LogP contribution in [0.15, 0.2) is 63.7 Å². The van der Waals surface area contributed by atoms with E-state index in [-0.39, 0.29) is 11.8 Å². The molecule has 2 aromatic carbocycles. The third kappa shape index (κ3) is 3.74. The maximum Gasteiger partial charge on any atom is 0.363 e. The number of hydrogen-bond donors (Lipinski definition) is 0. The first-order chi connectivity index (χ1) is 11.5. The molecule has 0 amide bonds. The van der Waals surface area contributed by atoms with E-state index in [0.717, 1.165) is 15.6 Å². The summed E-state index contributed by atoms with van der Waals surface area (Å²) >= 11 is 3.38. The van der Waals surface area contributed by atoms with Gasteiger partial charge in [-0.25, -0.2) is 9.79 Å². The monoisotopic (exact) mass is 385 g/mol. The standard InChI is InChI=1S/C19H16BrNO3/c1-12(2)23-17-6-4-3-5-14(17)11-16-19(22)24-18(21-16)13-7-9-15(20)10-8-13/h3-12H,1-2H3/b16-11-. The van der Waals surface area contributed by atoms with Crippen molar-refractivity contribution in [2.75, 3.05) is 0 Å². The van der Waals surface area contributed by atoms with Gasteiger partial charge in [0.25, 0.3) is 0 Å². The molecular formula is C19H16BrNO3. The third-order valence-electron chi connectivity index (χ3n) is 3.29. The quantitative estimate of drug-likeness (QED) is 0.571. The Morgan fingerprint density at radius 3 is 2.54 bits per heavy atom. The summed E-state index contributed by atoms with van der Waals surface area (Å²) in [5.74, 6) is 0.549. The summed E-state index contributed by atoms with van der Waals surface area (Å²) in [4.78, 5) is 16.4. The third-order valence-corrected chi connectivity index (χ3v) is 3.81. The van der Waals surface area contributed by atoms with E-state index in [1.807, 2.05) is 62.4 Å². The van der Waals surface area contributed by atoms with E-state index in [9.17, 15) is 4.79 Å². The molecule has 1 heterocycles. The number of nitrogens with zero attached hydrogens (tertiary/aromatic N) is 1. The molecule has 3 rings (SSSR count). The summed E-state index contributed by atoms with van der Waals surface area (Å²) in [7, 11) is 0. The highest BCUT2D eigenvalue weighted by atomic mass is 79.9. The van der Waals surface area contributed by atoms with Crippen LogP contribution in [0.2, 0.25) is 0 Å². The normalized spacial score (nSPS) is 15.6. The molecule has 0 saturated carbocycles. The number of aliphatic imine (C=N–C) groups is 1. The number of rotatable bonds is 4. The number of carbonyl (C=O) groups is 1. The molecule has 1 aliphatic rings. The van der Waals surface area contributed by atoms with Gasteiger partial charge in [0.2, 0.25) is 5.90 Å². The van der Waals surface area contributed by atoms with Gasteiger partial charge < -0.3 is 9.47 Å². The largest absolute Gasteiger partial charge is 0.490 e. The van der Waals surface area contributed by atoms with Crippen LogP contribution < -0.4 is 4.74 Å². The highest BCUT2D eigenvalue weighted by molar-refractivity contribution is 9.10.